The maximum atomic E-state index is 12.1. The van der Waals surface area contributed by atoms with Crippen molar-refractivity contribution in [3.05, 3.63) is 40.9 Å². The third-order valence-corrected chi connectivity index (χ3v) is 2.98. The molecule has 0 saturated heterocycles. The second-order valence-electron chi connectivity index (χ2n) is 4.27. The molecule has 1 rings (SSSR count). The molecule has 110 valence electrons. The van der Waals surface area contributed by atoms with Gasteiger partial charge >= 0.3 is 5.97 Å². The average molecular weight is 307 g/mol. The maximum Gasteiger partial charge on any atom is 0.325 e. The fourth-order valence-corrected chi connectivity index (χ4v) is 1.80. The minimum Gasteiger partial charge on any atom is -0.468 e. The summed E-state index contributed by atoms with van der Waals surface area (Å²) in [6.07, 6.45) is 1.37. The van der Waals surface area contributed by atoms with Gasteiger partial charge in [0.2, 0.25) is 5.91 Å². The molecule has 0 radical (unpaired) electrons. The minimum atomic E-state index is -0.576. The average Bonchev–Trinajstić information content (AvgIpc) is 2.46. The Hall–Kier alpha value is -2.32. The zero-order valence-corrected chi connectivity index (χ0v) is 12.6. The summed E-state index contributed by atoms with van der Waals surface area (Å²) in [5.41, 5.74) is 1.49. The third-order valence-electron chi connectivity index (χ3n) is 2.74. The molecule has 0 aliphatic heterocycles. The van der Waals surface area contributed by atoms with Crippen molar-refractivity contribution in [1.82, 2.24) is 4.90 Å². The van der Waals surface area contributed by atoms with Gasteiger partial charge in [0.25, 0.3) is 0 Å². The van der Waals surface area contributed by atoms with E-state index in [4.69, 9.17) is 16.9 Å². The molecule has 1 aromatic carbocycles. The summed E-state index contributed by atoms with van der Waals surface area (Å²) in [5.74, 6) is -1.01. The number of nitrogens with zero attached hydrogens (tertiary/aromatic N) is 2. The summed E-state index contributed by atoms with van der Waals surface area (Å²) in [6, 6.07) is 8.91. The lowest BCUT2D eigenvalue weighted by Crippen LogP contribution is -2.35. The summed E-state index contributed by atoms with van der Waals surface area (Å²) < 4.78 is 4.50. The van der Waals surface area contributed by atoms with Crippen LogP contribution in [0.1, 0.15) is 12.5 Å². The van der Waals surface area contributed by atoms with Gasteiger partial charge in [-0.2, -0.15) is 5.26 Å². The Morgan fingerprint density at radius 3 is 2.76 bits per heavy atom. The first-order valence-electron chi connectivity index (χ1n) is 6.15. The van der Waals surface area contributed by atoms with Gasteiger partial charge in [0.15, 0.2) is 0 Å². The molecule has 1 amide bonds. The van der Waals surface area contributed by atoms with E-state index >= 15 is 0 Å². The normalized spacial score (nSPS) is 10.7. The highest BCUT2D eigenvalue weighted by molar-refractivity contribution is 6.30. The van der Waals surface area contributed by atoms with Gasteiger partial charge in [-0.05, 0) is 30.2 Å². The molecular weight excluding hydrogens is 292 g/mol. The molecule has 0 atom stereocenters. The second kappa shape index (κ2) is 8.08. The fourth-order valence-electron chi connectivity index (χ4n) is 1.61. The van der Waals surface area contributed by atoms with Crippen LogP contribution in [0.3, 0.4) is 0 Å². The van der Waals surface area contributed by atoms with Crippen molar-refractivity contribution in [2.75, 3.05) is 20.2 Å². The van der Waals surface area contributed by atoms with Crippen LogP contribution in [0.15, 0.2) is 30.3 Å². The molecule has 0 saturated carbocycles. The Morgan fingerprint density at radius 1 is 1.48 bits per heavy atom. The molecule has 0 spiro atoms. The van der Waals surface area contributed by atoms with E-state index in [9.17, 15) is 9.59 Å². The SMILES string of the molecule is COC(=O)CN(CC#N)C(=O)/C=C(/C)c1cccc(Cl)c1. The number of esters is 1. The fraction of sp³-hybridized carbons (Fsp3) is 0.267. The van der Waals surface area contributed by atoms with Gasteiger partial charge in [0.1, 0.15) is 13.1 Å². The van der Waals surface area contributed by atoms with Crippen LogP contribution in [0.4, 0.5) is 0 Å². The Labute approximate surface area is 128 Å². The minimum absolute atomic E-state index is 0.187. The highest BCUT2D eigenvalue weighted by Crippen LogP contribution is 2.18. The van der Waals surface area contributed by atoms with E-state index < -0.39 is 11.9 Å². The molecule has 1 aromatic rings. The van der Waals surface area contributed by atoms with Gasteiger partial charge in [-0.25, -0.2) is 0 Å². The van der Waals surface area contributed by atoms with Gasteiger partial charge < -0.3 is 9.64 Å². The highest BCUT2D eigenvalue weighted by Gasteiger charge is 2.15. The zero-order chi connectivity index (χ0) is 15.8. The molecule has 0 unspecified atom stereocenters. The lowest BCUT2D eigenvalue weighted by molar-refractivity contribution is -0.145. The van der Waals surface area contributed by atoms with Crippen LogP contribution in [-0.4, -0.2) is 37.0 Å². The van der Waals surface area contributed by atoms with Gasteiger partial charge in [-0.15, -0.1) is 0 Å². The summed E-state index contributed by atoms with van der Waals surface area (Å²) in [5, 5.41) is 9.29. The van der Waals surface area contributed by atoms with Crippen molar-refractivity contribution >= 4 is 29.1 Å². The van der Waals surface area contributed by atoms with Crippen LogP contribution < -0.4 is 0 Å². The molecule has 0 fully saturated rings. The predicted octanol–water partition coefficient (Wildman–Crippen LogP) is 2.27. The van der Waals surface area contributed by atoms with E-state index in [1.807, 2.05) is 12.1 Å². The largest absolute Gasteiger partial charge is 0.468 e. The molecule has 0 bridgehead atoms. The first kappa shape index (κ1) is 16.7. The number of halogens is 1. The Balaban J connectivity index is 2.91. The molecule has 0 aliphatic rings. The number of hydrogen-bond donors (Lipinski definition) is 0. The Bertz CT molecular complexity index is 605. The highest BCUT2D eigenvalue weighted by atomic mass is 35.5. The van der Waals surface area contributed by atoms with Crippen LogP contribution in [0.5, 0.6) is 0 Å². The topological polar surface area (TPSA) is 70.4 Å². The van der Waals surface area contributed by atoms with Crippen LogP contribution >= 0.6 is 11.6 Å². The second-order valence-corrected chi connectivity index (χ2v) is 4.70. The van der Waals surface area contributed by atoms with Crippen LogP contribution in [-0.2, 0) is 14.3 Å². The monoisotopic (exact) mass is 306 g/mol. The smallest absolute Gasteiger partial charge is 0.325 e. The van der Waals surface area contributed by atoms with E-state index in [-0.39, 0.29) is 13.1 Å². The summed E-state index contributed by atoms with van der Waals surface area (Å²) in [6.45, 7) is 1.31. The van der Waals surface area contributed by atoms with E-state index in [0.29, 0.717) is 10.6 Å². The predicted molar refractivity (Wildman–Crippen MR) is 79.3 cm³/mol. The molecule has 0 N–H and O–H groups in total. The van der Waals surface area contributed by atoms with Crippen LogP contribution in [0.2, 0.25) is 5.02 Å². The van der Waals surface area contributed by atoms with Crippen LogP contribution in [0, 0.1) is 11.3 Å². The van der Waals surface area contributed by atoms with E-state index in [2.05, 4.69) is 4.74 Å². The van der Waals surface area contributed by atoms with Gasteiger partial charge in [-0.1, -0.05) is 23.7 Å². The molecular formula is C15H15ClN2O3. The van der Waals surface area contributed by atoms with E-state index in [0.717, 1.165) is 10.5 Å². The summed E-state index contributed by atoms with van der Waals surface area (Å²) >= 11 is 5.90. The van der Waals surface area contributed by atoms with Crippen molar-refractivity contribution in [2.45, 2.75) is 6.92 Å². The van der Waals surface area contributed by atoms with Crippen LogP contribution in [0.25, 0.3) is 5.57 Å². The van der Waals surface area contributed by atoms with Crippen molar-refractivity contribution in [2.24, 2.45) is 0 Å². The summed E-state index contributed by atoms with van der Waals surface area (Å²) in [4.78, 5) is 24.5. The Kier molecular flexibility index (Phi) is 6.44. The lowest BCUT2D eigenvalue weighted by Gasteiger charge is -2.16. The third kappa shape index (κ3) is 5.28. The number of carbonyl (C=O) groups excluding carboxylic acids is 2. The number of hydrogen-bond acceptors (Lipinski definition) is 4. The van der Waals surface area contributed by atoms with Gasteiger partial charge in [-0.3, -0.25) is 9.59 Å². The molecule has 0 heterocycles. The number of allylic oxidation sites excluding steroid dienone is 1. The van der Waals surface area contributed by atoms with Gasteiger partial charge in [0.05, 0.1) is 13.2 Å². The van der Waals surface area contributed by atoms with Gasteiger partial charge in [0, 0.05) is 11.1 Å². The van der Waals surface area contributed by atoms with Crippen molar-refractivity contribution < 1.29 is 14.3 Å². The first-order chi connectivity index (χ1) is 9.97. The van der Waals surface area contributed by atoms with Crippen molar-refractivity contribution in [1.29, 1.82) is 5.26 Å². The number of benzene rings is 1. The number of ether oxygens (including phenoxy) is 1. The zero-order valence-electron chi connectivity index (χ0n) is 11.8. The first-order valence-corrected chi connectivity index (χ1v) is 6.52. The summed E-state index contributed by atoms with van der Waals surface area (Å²) in [7, 11) is 1.23. The number of carbonyl (C=O) groups is 2. The number of methoxy groups -OCH3 is 1. The van der Waals surface area contributed by atoms with E-state index in [1.54, 1.807) is 25.1 Å². The van der Waals surface area contributed by atoms with Crippen molar-refractivity contribution in [3.63, 3.8) is 0 Å². The Morgan fingerprint density at radius 2 is 2.19 bits per heavy atom. The molecule has 6 heteroatoms. The van der Waals surface area contributed by atoms with E-state index in [1.165, 1.54) is 13.2 Å². The maximum absolute atomic E-state index is 12.1. The molecule has 5 nitrogen and oxygen atoms in total. The standard InChI is InChI=1S/C15H15ClN2O3/c1-11(12-4-3-5-13(16)9-12)8-14(19)18(7-6-17)10-15(20)21-2/h3-5,8-9H,7,10H2,1-2H3/b11-8-. The number of nitriles is 1. The number of rotatable bonds is 5. The molecule has 0 aliphatic carbocycles. The quantitative estimate of drug-likeness (QED) is 0.475. The van der Waals surface area contributed by atoms with Crippen molar-refractivity contribution in [3.8, 4) is 6.07 Å². The lowest BCUT2D eigenvalue weighted by atomic mass is 10.1. The number of amides is 1. The molecule has 21 heavy (non-hydrogen) atoms. The molecule has 0 aromatic heterocycles.